The van der Waals surface area contributed by atoms with Crippen molar-refractivity contribution >= 4 is 0 Å². The van der Waals surface area contributed by atoms with Gasteiger partial charge in [-0.2, -0.15) is 0 Å². The van der Waals surface area contributed by atoms with E-state index in [1.165, 1.54) is 56.3 Å². The van der Waals surface area contributed by atoms with Crippen LogP contribution in [0.25, 0.3) is 0 Å². The molecule has 2 atom stereocenters. The van der Waals surface area contributed by atoms with Gasteiger partial charge < -0.3 is 5.11 Å². The number of piperidine rings is 1. The molecule has 1 saturated carbocycles. The van der Waals surface area contributed by atoms with Crippen LogP contribution < -0.4 is 0 Å². The van der Waals surface area contributed by atoms with Crippen LogP contribution >= 0.6 is 0 Å². The number of benzene rings is 2. The first kappa shape index (κ1) is 18.7. The van der Waals surface area contributed by atoms with Crippen molar-refractivity contribution in [2.45, 2.75) is 50.0 Å². The highest BCUT2D eigenvalue weighted by Gasteiger charge is 2.43. The molecular weight excluding hydrogens is 318 g/mol. The van der Waals surface area contributed by atoms with Crippen molar-refractivity contribution in [2.75, 3.05) is 13.1 Å². The van der Waals surface area contributed by atoms with Gasteiger partial charge in [-0.3, -0.25) is 4.90 Å². The third-order valence-electron chi connectivity index (χ3n) is 6.20. The topological polar surface area (TPSA) is 23.5 Å². The van der Waals surface area contributed by atoms with E-state index < -0.39 is 0 Å². The minimum Gasteiger partial charge on any atom is -0.508 e. The summed E-state index contributed by atoms with van der Waals surface area (Å²) in [5, 5.41) is 9.89. The highest BCUT2D eigenvalue weighted by atomic mass is 16.3. The number of likely N-dealkylation sites (tertiary alicyclic amines) is 1. The third-order valence-corrected chi connectivity index (χ3v) is 6.20. The summed E-state index contributed by atoms with van der Waals surface area (Å²) in [4.78, 5) is 2.72. The fourth-order valence-corrected chi connectivity index (χ4v) is 4.86. The molecular formula is C24H31NO. The zero-order chi connectivity index (χ0) is 18.4. The van der Waals surface area contributed by atoms with E-state index in [9.17, 15) is 5.11 Å². The van der Waals surface area contributed by atoms with Gasteiger partial charge in [-0.15, -0.1) is 13.2 Å². The van der Waals surface area contributed by atoms with Crippen molar-refractivity contribution in [1.29, 1.82) is 0 Å². The molecule has 2 aromatic rings. The summed E-state index contributed by atoms with van der Waals surface area (Å²) >= 11 is 0. The Morgan fingerprint density at radius 2 is 1.85 bits per heavy atom. The minimum atomic E-state index is 0.297. The number of hydrogen-bond acceptors (Lipinski definition) is 2. The summed E-state index contributed by atoms with van der Waals surface area (Å²) < 4.78 is 0. The van der Waals surface area contributed by atoms with Crippen molar-refractivity contribution < 1.29 is 5.11 Å². The van der Waals surface area contributed by atoms with Gasteiger partial charge in [0, 0.05) is 12.6 Å². The summed E-state index contributed by atoms with van der Waals surface area (Å²) in [7, 11) is 0. The van der Waals surface area contributed by atoms with E-state index in [2.05, 4.69) is 54.5 Å². The van der Waals surface area contributed by atoms with Crippen LogP contribution in [0.5, 0.6) is 5.75 Å². The fraction of sp³-hybridized carbons (Fsp3) is 0.417. The van der Waals surface area contributed by atoms with E-state index in [-0.39, 0.29) is 0 Å². The van der Waals surface area contributed by atoms with Crippen LogP contribution in [0.1, 0.15) is 43.2 Å². The summed E-state index contributed by atoms with van der Waals surface area (Å²) in [6, 6.07) is 19.6. The summed E-state index contributed by atoms with van der Waals surface area (Å²) in [6.07, 6.45) is 7.54. The van der Waals surface area contributed by atoms with Crippen LogP contribution in [0.2, 0.25) is 0 Å². The van der Waals surface area contributed by atoms with E-state index in [1.54, 1.807) is 6.07 Å². The molecule has 0 amide bonds. The van der Waals surface area contributed by atoms with E-state index in [0.717, 1.165) is 6.42 Å². The lowest BCUT2D eigenvalue weighted by Crippen LogP contribution is -2.52. The van der Waals surface area contributed by atoms with Gasteiger partial charge in [0.05, 0.1) is 0 Å². The Morgan fingerprint density at radius 1 is 1.04 bits per heavy atom. The molecule has 2 fully saturated rings. The second-order valence-corrected chi connectivity index (χ2v) is 7.60. The Kier molecular flexibility index (Phi) is 6.16. The molecule has 1 N–H and O–H groups in total. The Bertz CT molecular complexity index is 698. The number of fused-ring (bicyclic) bond motifs is 2. The zero-order valence-electron chi connectivity index (χ0n) is 15.7. The van der Waals surface area contributed by atoms with Gasteiger partial charge >= 0.3 is 0 Å². The molecule has 1 aliphatic carbocycles. The SMILES string of the molecule is C=C.Oc1cccc(C23CCCC(C2)N(CCc2ccccc2)CC3)c1. The minimum absolute atomic E-state index is 0.297. The smallest absolute Gasteiger partial charge is 0.115 e. The largest absolute Gasteiger partial charge is 0.508 e. The van der Waals surface area contributed by atoms with Crippen molar-refractivity contribution in [3.63, 3.8) is 0 Å². The highest BCUT2D eigenvalue weighted by molar-refractivity contribution is 5.34. The maximum atomic E-state index is 9.89. The average Bonchev–Trinajstić information content (AvgIpc) is 2.70. The number of aromatic hydroxyl groups is 1. The molecule has 0 radical (unpaired) electrons. The maximum absolute atomic E-state index is 9.89. The van der Waals surface area contributed by atoms with E-state index in [4.69, 9.17) is 0 Å². The second-order valence-electron chi connectivity index (χ2n) is 7.60. The van der Waals surface area contributed by atoms with Crippen LogP contribution in [0.3, 0.4) is 0 Å². The molecule has 4 rings (SSSR count). The molecule has 2 bridgehead atoms. The molecule has 138 valence electrons. The normalized spacial score (nSPS) is 25.2. The molecule has 2 nitrogen and oxygen atoms in total. The number of rotatable bonds is 4. The van der Waals surface area contributed by atoms with Gasteiger partial charge in [-0.05, 0) is 67.3 Å². The van der Waals surface area contributed by atoms with Gasteiger partial charge in [-0.25, -0.2) is 0 Å². The average molecular weight is 350 g/mol. The van der Waals surface area contributed by atoms with Crippen molar-refractivity contribution in [3.8, 4) is 5.75 Å². The predicted octanol–water partition coefficient (Wildman–Crippen LogP) is 5.32. The Hall–Kier alpha value is -2.06. The Labute approximate surface area is 158 Å². The first-order valence-electron chi connectivity index (χ1n) is 9.83. The van der Waals surface area contributed by atoms with E-state index in [0.29, 0.717) is 17.2 Å². The number of hydrogen-bond donors (Lipinski definition) is 1. The van der Waals surface area contributed by atoms with Crippen molar-refractivity contribution in [2.24, 2.45) is 0 Å². The molecule has 2 aliphatic rings. The van der Waals surface area contributed by atoms with Gasteiger partial charge in [0.1, 0.15) is 5.75 Å². The zero-order valence-corrected chi connectivity index (χ0v) is 15.7. The molecule has 1 heterocycles. The maximum Gasteiger partial charge on any atom is 0.115 e. The van der Waals surface area contributed by atoms with Gasteiger partial charge in [0.15, 0.2) is 0 Å². The standard InChI is InChI=1S/C22H27NO.C2H4/c24-21-10-4-8-19(16-21)22-12-5-9-20(17-22)23(15-13-22)14-11-18-6-2-1-3-7-18;1-2/h1-4,6-8,10,16,20,24H,5,9,11-15,17H2;1-2H2. The molecule has 2 heteroatoms. The Balaban J connectivity index is 0.000000948. The summed E-state index contributed by atoms with van der Waals surface area (Å²) in [5.74, 6) is 0.413. The quantitative estimate of drug-likeness (QED) is 0.755. The van der Waals surface area contributed by atoms with Gasteiger partial charge in [-0.1, -0.05) is 48.9 Å². The monoisotopic (exact) mass is 349 g/mol. The predicted molar refractivity (Wildman–Crippen MR) is 110 cm³/mol. The molecule has 1 saturated heterocycles. The number of phenols is 1. The van der Waals surface area contributed by atoms with E-state index >= 15 is 0 Å². The van der Waals surface area contributed by atoms with Crippen molar-refractivity contribution in [1.82, 2.24) is 4.90 Å². The lowest BCUT2D eigenvalue weighted by atomic mass is 9.63. The van der Waals surface area contributed by atoms with Crippen LogP contribution in [-0.2, 0) is 11.8 Å². The fourth-order valence-electron chi connectivity index (χ4n) is 4.86. The molecule has 1 aliphatic heterocycles. The van der Waals surface area contributed by atoms with E-state index in [1.807, 2.05) is 12.1 Å². The number of phenolic OH excluding ortho intramolecular Hbond substituents is 1. The summed E-state index contributed by atoms with van der Waals surface area (Å²) in [5.41, 5.74) is 3.10. The molecule has 0 aromatic heterocycles. The lowest BCUT2D eigenvalue weighted by molar-refractivity contribution is 0.0524. The van der Waals surface area contributed by atoms with Crippen molar-refractivity contribution in [3.05, 3.63) is 78.9 Å². The first-order valence-corrected chi connectivity index (χ1v) is 9.83. The van der Waals surface area contributed by atoms with Crippen LogP contribution in [0, 0.1) is 0 Å². The third kappa shape index (κ3) is 4.02. The summed E-state index contributed by atoms with van der Waals surface area (Å²) in [6.45, 7) is 8.36. The molecule has 26 heavy (non-hydrogen) atoms. The number of nitrogens with zero attached hydrogens (tertiary/aromatic N) is 1. The molecule has 0 spiro atoms. The van der Waals surface area contributed by atoms with Crippen LogP contribution in [-0.4, -0.2) is 29.1 Å². The molecule has 2 aromatic carbocycles. The van der Waals surface area contributed by atoms with Crippen LogP contribution in [0.15, 0.2) is 67.8 Å². The Morgan fingerprint density at radius 3 is 2.62 bits per heavy atom. The lowest BCUT2D eigenvalue weighted by Gasteiger charge is -2.51. The van der Waals surface area contributed by atoms with Gasteiger partial charge in [0.2, 0.25) is 0 Å². The highest BCUT2D eigenvalue weighted by Crippen LogP contribution is 2.47. The first-order chi connectivity index (χ1) is 12.8. The van der Waals surface area contributed by atoms with Crippen LogP contribution in [0.4, 0.5) is 0 Å². The molecule has 2 unspecified atom stereocenters. The van der Waals surface area contributed by atoms with Gasteiger partial charge in [0.25, 0.3) is 0 Å². The second kappa shape index (κ2) is 8.55.